The average Bonchev–Trinajstić information content (AvgIpc) is 3.28. The van der Waals surface area contributed by atoms with E-state index in [1.54, 1.807) is 12.7 Å². The van der Waals surface area contributed by atoms with Crippen molar-refractivity contribution in [3.63, 3.8) is 0 Å². The van der Waals surface area contributed by atoms with Gasteiger partial charge in [0.1, 0.15) is 0 Å². The fourth-order valence-corrected chi connectivity index (χ4v) is 6.42. The van der Waals surface area contributed by atoms with Crippen molar-refractivity contribution in [2.24, 2.45) is 22.7 Å². The van der Waals surface area contributed by atoms with Gasteiger partial charge in [0.15, 0.2) is 0 Å². The molecular formula is C21H28O2. The first-order valence-corrected chi connectivity index (χ1v) is 9.32. The first-order valence-electron chi connectivity index (χ1n) is 9.32. The Morgan fingerprint density at radius 1 is 1.22 bits per heavy atom. The molecule has 0 aromatic carbocycles. The lowest BCUT2D eigenvalue weighted by Gasteiger charge is -2.52. The number of fused-ring (bicyclic) bond motifs is 6. The minimum Gasteiger partial charge on any atom is -0.501 e. The van der Waals surface area contributed by atoms with Gasteiger partial charge in [0.2, 0.25) is 0 Å². The summed E-state index contributed by atoms with van der Waals surface area (Å²) in [4.78, 5) is 0. The maximum absolute atomic E-state index is 6.00. The van der Waals surface area contributed by atoms with Gasteiger partial charge in [-0.05, 0) is 55.6 Å². The maximum Gasteiger partial charge on any atom is 0.0975 e. The molecule has 0 bridgehead atoms. The second kappa shape index (κ2) is 4.33. The molecular weight excluding hydrogens is 284 g/mol. The third-order valence-electron chi connectivity index (χ3n) is 8.16. The lowest BCUT2D eigenvalue weighted by molar-refractivity contribution is 0.0679. The van der Waals surface area contributed by atoms with Gasteiger partial charge >= 0.3 is 0 Å². The van der Waals surface area contributed by atoms with Crippen LogP contribution < -0.4 is 0 Å². The van der Waals surface area contributed by atoms with E-state index in [9.17, 15) is 0 Å². The molecule has 5 aliphatic rings. The number of rotatable bonds is 1. The number of hydrogen-bond donors (Lipinski definition) is 0. The first-order chi connectivity index (χ1) is 11.0. The van der Waals surface area contributed by atoms with Gasteiger partial charge in [-0.2, -0.15) is 0 Å². The SMILES string of the molecule is COC1=CC2=CCC3C(=CC[C@@]4(C)C3CC[C@@]43CO3)[C@@]2(C)CC1. The highest BCUT2D eigenvalue weighted by Gasteiger charge is 2.68. The summed E-state index contributed by atoms with van der Waals surface area (Å²) in [5.74, 6) is 2.70. The van der Waals surface area contributed by atoms with Gasteiger partial charge < -0.3 is 9.47 Å². The van der Waals surface area contributed by atoms with Crippen molar-refractivity contribution in [1.29, 1.82) is 0 Å². The molecule has 0 amide bonds. The van der Waals surface area contributed by atoms with Crippen LogP contribution in [0.2, 0.25) is 0 Å². The Morgan fingerprint density at radius 3 is 2.78 bits per heavy atom. The third-order valence-corrected chi connectivity index (χ3v) is 8.16. The molecule has 1 saturated carbocycles. The van der Waals surface area contributed by atoms with E-state index in [4.69, 9.17) is 9.47 Å². The van der Waals surface area contributed by atoms with E-state index in [-0.39, 0.29) is 11.0 Å². The molecule has 2 unspecified atom stereocenters. The van der Waals surface area contributed by atoms with Crippen molar-refractivity contribution in [1.82, 2.24) is 0 Å². The number of hydrogen-bond acceptors (Lipinski definition) is 2. The van der Waals surface area contributed by atoms with Gasteiger partial charge in [-0.3, -0.25) is 0 Å². The zero-order chi connectivity index (χ0) is 15.9. The Morgan fingerprint density at radius 2 is 2.04 bits per heavy atom. The lowest BCUT2D eigenvalue weighted by atomic mass is 9.52. The Kier molecular flexibility index (Phi) is 2.70. The molecule has 2 nitrogen and oxygen atoms in total. The second-order valence-corrected chi connectivity index (χ2v) is 8.86. The third kappa shape index (κ3) is 1.64. The number of methoxy groups -OCH3 is 1. The average molecular weight is 312 g/mol. The summed E-state index contributed by atoms with van der Waals surface area (Å²) in [5, 5.41) is 0. The van der Waals surface area contributed by atoms with Crippen molar-refractivity contribution in [3.8, 4) is 0 Å². The molecule has 1 aliphatic heterocycles. The smallest absolute Gasteiger partial charge is 0.0975 e. The summed E-state index contributed by atoms with van der Waals surface area (Å²) < 4.78 is 11.5. The van der Waals surface area contributed by atoms with Crippen LogP contribution in [-0.4, -0.2) is 19.3 Å². The van der Waals surface area contributed by atoms with Crippen LogP contribution in [0.15, 0.2) is 35.1 Å². The van der Waals surface area contributed by atoms with Crippen molar-refractivity contribution >= 4 is 0 Å². The maximum atomic E-state index is 6.00. The summed E-state index contributed by atoms with van der Waals surface area (Å²) in [5.41, 5.74) is 4.10. The van der Waals surface area contributed by atoms with Crippen molar-refractivity contribution in [2.45, 2.75) is 58.0 Å². The van der Waals surface area contributed by atoms with Crippen molar-refractivity contribution < 1.29 is 9.47 Å². The van der Waals surface area contributed by atoms with E-state index in [1.165, 1.54) is 37.7 Å². The molecule has 1 spiro atoms. The van der Waals surface area contributed by atoms with Crippen LogP contribution in [0.1, 0.15) is 52.4 Å². The summed E-state index contributed by atoms with van der Waals surface area (Å²) in [7, 11) is 1.81. The first kappa shape index (κ1) is 14.3. The fraction of sp³-hybridized carbons (Fsp3) is 0.714. The molecule has 0 N–H and O–H groups in total. The highest BCUT2D eigenvalue weighted by atomic mass is 16.6. The van der Waals surface area contributed by atoms with E-state index in [0.717, 1.165) is 30.6 Å². The molecule has 2 fully saturated rings. The summed E-state index contributed by atoms with van der Waals surface area (Å²) in [6.45, 7) is 5.99. The van der Waals surface area contributed by atoms with E-state index in [1.807, 2.05) is 0 Å². The van der Waals surface area contributed by atoms with E-state index in [2.05, 4.69) is 32.1 Å². The summed E-state index contributed by atoms with van der Waals surface area (Å²) >= 11 is 0. The normalized spacial score (nSPS) is 50.3. The van der Waals surface area contributed by atoms with Crippen LogP contribution in [0, 0.1) is 22.7 Å². The molecule has 5 rings (SSSR count). The topological polar surface area (TPSA) is 21.8 Å². The number of ether oxygens (including phenoxy) is 2. The van der Waals surface area contributed by atoms with E-state index in [0.29, 0.717) is 5.41 Å². The summed E-state index contributed by atoms with van der Waals surface area (Å²) in [6, 6.07) is 0. The molecule has 1 heterocycles. The van der Waals surface area contributed by atoms with Gasteiger partial charge in [-0.25, -0.2) is 0 Å². The van der Waals surface area contributed by atoms with Crippen LogP contribution in [-0.2, 0) is 9.47 Å². The highest BCUT2D eigenvalue weighted by molar-refractivity contribution is 5.45. The van der Waals surface area contributed by atoms with Crippen LogP contribution in [0.5, 0.6) is 0 Å². The Bertz CT molecular complexity index is 651. The van der Waals surface area contributed by atoms with Crippen LogP contribution in [0.25, 0.3) is 0 Å². The molecule has 2 heteroatoms. The predicted molar refractivity (Wildman–Crippen MR) is 90.8 cm³/mol. The largest absolute Gasteiger partial charge is 0.501 e. The fourth-order valence-electron chi connectivity index (χ4n) is 6.42. The van der Waals surface area contributed by atoms with Crippen molar-refractivity contribution in [2.75, 3.05) is 13.7 Å². The molecule has 0 radical (unpaired) electrons. The number of allylic oxidation sites excluding steroid dienone is 6. The van der Waals surface area contributed by atoms with E-state index < -0.39 is 0 Å². The molecule has 124 valence electrons. The van der Waals surface area contributed by atoms with E-state index >= 15 is 0 Å². The Balaban J connectivity index is 1.56. The van der Waals surface area contributed by atoms with Gasteiger partial charge in [0.25, 0.3) is 0 Å². The van der Waals surface area contributed by atoms with Crippen LogP contribution in [0.4, 0.5) is 0 Å². The Labute approximate surface area is 139 Å². The summed E-state index contributed by atoms with van der Waals surface area (Å²) in [6.07, 6.45) is 14.8. The van der Waals surface area contributed by atoms with Crippen LogP contribution >= 0.6 is 0 Å². The number of epoxide rings is 1. The van der Waals surface area contributed by atoms with Gasteiger partial charge in [0, 0.05) is 17.3 Å². The minimum atomic E-state index is 0.236. The molecule has 1 saturated heterocycles. The molecule has 5 atom stereocenters. The predicted octanol–water partition coefficient (Wildman–Crippen LogP) is 4.78. The minimum absolute atomic E-state index is 0.236. The quantitative estimate of drug-likeness (QED) is 0.513. The standard InChI is InChI=1S/C21H28O2/c1-19-9-6-15(22-3)12-14(19)4-5-16-17(19)7-10-20(2)18(16)8-11-21(20)13-23-21/h4,7,12,16,18H,5-6,8-11,13H2,1-3H3/t16?,18?,19-,20-,21+/m0/s1. The van der Waals surface area contributed by atoms with Crippen molar-refractivity contribution in [3.05, 3.63) is 35.1 Å². The Hall–Kier alpha value is -1.02. The zero-order valence-electron chi connectivity index (χ0n) is 14.7. The second-order valence-electron chi connectivity index (χ2n) is 8.86. The lowest BCUT2D eigenvalue weighted by Crippen LogP contribution is -2.45. The van der Waals surface area contributed by atoms with Gasteiger partial charge in [-0.15, -0.1) is 0 Å². The van der Waals surface area contributed by atoms with Gasteiger partial charge in [0.05, 0.1) is 25.1 Å². The monoisotopic (exact) mass is 312 g/mol. The molecule has 0 aromatic rings. The molecule has 4 aliphatic carbocycles. The van der Waals surface area contributed by atoms with Gasteiger partial charge in [-0.1, -0.05) is 31.6 Å². The zero-order valence-corrected chi connectivity index (χ0v) is 14.7. The highest BCUT2D eigenvalue weighted by Crippen LogP contribution is 2.68. The molecule has 23 heavy (non-hydrogen) atoms. The molecule has 0 aromatic heterocycles. The van der Waals surface area contributed by atoms with Crippen LogP contribution in [0.3, 0.4) is 0 Å².